The van der Waals surface area contributed by atoms with Crippen LogP contribution in [0.15, 0.2) is 71.7 Å². The lowest BCUT2D eigenvalue weighted by Crippen LogP contribution is -2.39. The van der Waals surface area contributed by atoms with Crippen molar-refractivity contribution in [2.75, 3.05) is 13.7 Å². The molecule has 0 saturated carbocycles. The van der Waals surface area contributed by atoms with Crippen molar-refractivity contribution in [1.29, 1.82) is 0 Å². The van der Waals surface area contributed by atoms with E-state index in [1.165, 1.54) is 13.2 Å². The van der Waals surface area contributed by atoms with E-state index >= 15 is 0 Å². The van der Waals surface area contributed by atoms with Crippen LogP contribution >= 0.6 is 0 Å². The van der Waals surface area contributed by atoms with Gasteiger partial charge in [0.2, 0.25) is 5.91 Å². The van der Waals surface area contributed by atoms with Gasteiger partial charge in [0.05, 0.1) is 31.8 Å². The molecule has 0 unspecified atom stereocenters. The van der Waals surface area contributed by atoms with E-state index in [9.17, 15) is 14.4 Å². The Balaban J connectivity index is 1.72. The Morgan fingerprint density at radius 2 is 1.73 bits per heavy atom. The van der Waals surface area contributed by atoms with E-state index in [2.05, 4.69) is 15.6 Å². The van der Waals surface area contributed by atoms with Gasteiger partial charge in [0.1, 0.15) is 0 Å². The number of rotatable bonds is 8. The molecular weight excluding hydrogens is 422 g/mol. The van der Waals surface area contributed by atoms with Gasteiger partial charge in [-0.25, -0.2) is 4.99 Å². The number of nitrogens with zero attached hydrogens (tertiary/aromatic N) is 1. The first-order valence-electron chi connectivity index (χ1n) is 10.2. The number of methoxy groups -OCH3 is 1. The third-order valence-electron chi connectivity index (χ3n) is 4.91. The van der Waals surface area contributed by atoms with Gasteiger partial charge in [0, 0.05) is 5.56 Å². The quantitative estimate of drug-likeness (QED) is 0.235. The predicted molar refractivity (Wildman–Crippen MR) is 126 cm³/mol. The molecule has 0 radical (unpaired) electrons. The number of nitrogens with one attached hydrogen (secondary N) is 2. The summed E-state index contributed by atoms with van der Waals surface area (Å²) in [4.78, 5) is 41.0. The lowest BCUT2D eigenvalue weighted by atomic mass is 9.96. The van der Waals surface area contributed by atoms with Gasteiger partial charge in [-0.15, -0.1) is 0 Å². The van der Waals surface area contributed by atoms with E-state index < -0.39 is 23.8 Å². The normalized spacial score (nSPS) is 11.3. The highest BCUT2D eigenvalue weighted by molar-refractivity contribution is 5.97. The van der Waals surface area contributed by atoms with Gasteiger partial charge < -0.3 is 26.8 Å². The first-order valence-corrected chi connectivity index (χ1v) is 10.2. The summed E-state index contributed by atoms with van der Waals surface area (Å²) in [5.74, 6) is -1.51. The van der Waals surface area contributed by atoms with Gasteiger partial charge in [-0.3, -0.25) is 14.4 Å². The smallest absolute Gasteiger partial charge is 0.307 e. The van der Waals surface area contributed by atoms with Crippen LogP contribution in [0.2, 0.25) is 0 Å². The van der Waals surface area contributed by atoms with Crippen molar-refractivity contribution in [3.05, 3.63) is 77.9 Å². The van der Waals surface area contributed by atoms with E-state index in [1.54, 1.807) is 18.2 Å². The zero-order valence-corrected chi connectivity index (χ0v) is 18.1. The predicted octanol–water partition coefficient (Wildman–Crippen LogP) is 1.90. The number of nitrogens with two attached hydrogens (primary N) is 2. The fraction of sp³-hybridized carbons (Fsp3) is 0.167. The largest absolute Gasteiger partial charge is 0.469 e. The Hall–Kier alpha value is -4.40. The Morgan fingerprint density at radius 3 is 2.48 bits per heavy atom. The molecule has 0 aliphatic carbocycles. The molecule has 0 aliphatic heterocycles. The lowest BCUT2D eigenvalue weighted by Gasteiger charge is -2.20. The third kappa shape index (κ3) is 6.30. The molecule has 9 heteroatoms. The third-order valence-corrected chi connectivity index (χ3v) is 4.91. The summed E-state index contributed by atoms with van der Waals surface area (Å²) in [7, 11) is 1.29. The Bertz CT molecular complexity index is 1200. The lowest BCUT2D eigenvalue weighted by molar-refractivity contribution is -0.141. The second-order valence-corrected chi connectivity index (χ2v) is 7.24. The van der Waals surface area contributed by atoms with Crippen LogP contribution in [0.25, 0.3) is 10.8 Å². The van der Waals surface area contributed by atoms with Crippen molar-refractivity contribution < 1.29 is 19.1 Å². The van der Waals surface area contributed by atoms with Crippen molar-refractivity contribution in [2.24, 2.45) is 16.5 Å². The van der Waals surface area contributed by atoms with Crippen LogP contribution < -0.4 is 22.1 Å². The summed E-state index contributed by atoms with van der Waals surface area (Å²) < 4.78 is 4.80. The van der Waals surface area contributed by atoms with E-state index in [-0.39, 0.29) is 18.9 Å². The highest BCUT2D eigenvalue weighted by Gasteiger charge is 2.21. The van der Waals surface area contributed by atoms with E-state index in [0.29, 0.717) is 11.3 Å². The summed E-state index contributed by atoms with van der Waals surface area (Å²) >= 11 is 0. The molecule has 6 N–H and O–H groups in total. The van der Waals surface area contributed by atoms with Gasteiger partial charge in [-0.05, 0) is 34.5 Å². The molecule has 33 heavy (non-hydrogen) atoms. The SMILES string of the molecule is COC(=O)C[C@H](NC(=O)CNC(=O)c1cccc(N=C(N)N)c1)c1cccc2ccccc12. The molecule has 0 bridgehead atoms. The number of benzene rings is 3. The van der Waals surface area contributed by atoms with Crippen molar-refractivity contribution >= 4 is 40.2 Å². The van der Waals surface area contributed by atoms with E-state index in [0.717, 1.165) is 16.3 Å². The highest BCUT2D eigenvalue weighted by Crippen LogP contribution is 2.26. The first-order chi connectivity index (χ1) is 15.9. The highest BCUT2D eigenvalue weighted by atomic mass is 16.5. The minimum atomic E-state index is -0.627. The summed E-state index contributed by atoms with van der Waals surface area (Å²) in [5, 5.41) is 7.28. The fourth-order valence-electron chi connectivity index (χ4n) is 3.42. The summed E-state index contributed by atoms with van der Waals surface area (Å²) in [5.41, 5.74) is 12.2. The van der Waals surface area contributed by atoms with Crippen LogP contribution in [-0.2, 0) is 14.3 Å². The summed E-state index contributed by atoms with van der Waals surface area (Å²) in [6, 6.07) is 19.1. The fourth-order valence-corrected chi connectivity index (χ4v) is 3.42. The molecule has 0 aromatic heterocycles. The topological polar surface area (TPSA) is 149 Å². The molecule has 0 saturated heterocycles. The zero-order valence-electron chi connectivity index (χ0n) is 18.1. The molecule has 170 valence electrons. The maximum Gasteiger partial charge on any atom is 0.307 e. The van der Waals surface area contributed by atoms with Crippen LogP contribution in [0, 0.1) is 0 Å². The molecule has 3 rings (SSSR count). The molecule has 3 aromatic carbocycles. The molecule has 3 aromatic rings. The molecule has 2 amide bonds. The van der Waals surface area contributed by atoms with Gasteiger partial charge in [-0.1, -0.05) is 48.5 Å². The van der Waals surface area contributed by atoms with Crippen molar-refractivity contribution in [3.8, 4) is 0 Å². The molecule has 9 nitrogen and oxygen atoms in total. The molecular formula is C24H25N5O4. The molecule has 0 aliphatic rings. The number of guanidine groups is 1. The maximum atomic E-state index is 12.6. The van der Waals surface area contributed by atoms with Crippen LogP contribution in [0.3, 0.4) is 0 Å². The second-order valence-electron chi connectivity index (χ2n) is 7.24. The Kier molecular flexibility index (Phi) is 7.59. The average molecular weight is 447 g/mol. The van der Waals surface area contributed by atoms with Crippen LogP contribution in [0.1, 0.15) is 28.4 Å². The molecule has 0 fully saturated rings. The summed E-state index contributed by atoms with van der Waals surface area (Å²) in [6.45, 7) is -0.284. The maximum absolute atomic E-state index is 12.6. The van der Waals surface area contributed by atoms with Gasteiger partial charge >= 0.3 is 5.97 Å². The second kappa shape index (κ2) is 10.8. The Morgan fingerprint density at radius 1 is 1.00 bits per heavy atom. The number of ether oxygens (including phenoxy) is 1. The number of aliphatic imine (C=N–C) groups is 1. The van der Waals surface area contributed by atoms with Crippen molar-refractivity contribution in [1.82, 2.24) is 10.6 Å². The minimum Gasteiger partial charge on any atom is -0.469 e. The monoisotopic (exact) mass is 447 g/mol. The number of hydrogen-bond donors (Lipinski definition) is 4. The number of fused-ring (bicyclic) bond motifs is 1. The molecule has 0 heterocycles. The average Bonchev–Trinajstić information content (AvgIpc) is 2.81. The first kappa shape index (κ1) is 23.3. The number of amides is 2. The number of carbonyl (C=O) groups is 3. The molecule has 0 spiro atoms. The van der Waals surface area contributed by atoms with Gasteiger partial charge in [0.25, 0.3) is 5.91 Å². The number of hydrogen-bond acceptors (Lipinski definition) is 5. The van der Waals surface area contributed by atoms with E-state index in [4.69, 9.17) is 16.2 Å². The van der Waals surface area contributed by atoms with Crippen LogP contribution in [0.5, 0.6) is 0 Å². The van der Waals surface area contributed by atoms with Crippen LogP contribution in [0.4, 0.5) is 5.69 Å². The minimum absolute atomic E-state index is 0.0508. The van der Waals surface area contributed by atoms with Crippen molar-refractivity contribution in [2.45, 2.75) is 12.5 Å². The van der Waals surface area contributed by atoms with Crippen LogP contribution in [-0.4, -0.2) is 37.4 Å². The van der Waals surface area contributed by atoms with Crippen molar-refractivity contribution in [3.63, 3.8) is 0 Å². The van der Waals surface area contributed by atoms with E-state index in [1.807, 2.05) is 42.5 Å². The standard InChI is InChI=1S/C24H25N5O4/c1-33-22(31)13-20(19-11-5-7-15-6-2-3-10-18(15)19)29-21(30)14-27-23(32)16-8-4-9-17(12-16)28-24(25)26/h2-12,20H,13-14H2,1H3,(H,27,32)(H,29,30)(H4,25,26,28)/t20-/m0/s1. The Labute approximate surface area is 190 Å². The summed E-state index contributed by atoms with van der Waals surface area (Å²) in [6.07, 6.45) is -0.0508. The van der Waals surface area contributed by atoms with Gasteiger partial charge in [-0.2, -0.15) is 0 Å². The zero-order chi connectivity index (χ0) is 23.8. The number of esters is 1. The van der Waals surface area contributed by atoms with Gasteiger partial charge in [0.15, 0.2) is 5.96 Å². The molecule has 1 atom stereocenters. The number of carbonyl (C=O) groups excluding carboxylic acids is 3.